The van der Waals surface area contributed by atoms with Crippen molar-refractivity contribution in [3.63, 3.8) is 0 Å². The second-order valence-corrected chi connectivity index (χ2v) is 5.26. The first kappa shape index (κ1) is 18.4. The fraction of sp³-hybridized carbons (Fsp3) is 0.200. The van der Waals surface area contributed by atoms with Crippen LogP contribution in [0.25, 0.3) is 6.08 Å². The molecule has 5 heteroatoms. The van der Waals surface area contributed by atoms with Crippen LogP contribution in [-0.2, 0) is 9.53 Å². The van der Waals surface area contributed by atoms with Gasteiger partial charge in [-0.25, -0.2) is 4.79 Å². The Labute approximate surface area is 146 Å². The summed E-state index contributed by atoms with van der Waals surface area (Å²) in [4.78, 5) is 23.5. The standard InChI is InChI=1S/C20H20O5/c1-24-19(22)12-5-15-3-6-16(7-4-15)20(23)17-8-10-18(11-9-17)25-14-2-13-21/h3-12,21H,2,13-14H2,1H3. The number of aliphatic hydroxyl groups is 1. The summed E-state index contributed by atoms with van der Waals surface area (Å²) in [5.41, 5.74) is 1.92. The monoisotopic (exact) mass is 340 g/mol. The van der Waals surface area contributed by atoms with Gasteiger partial charge in [0, 0.05) is 30.2 Å². The molecular weight excluding hydrogens is 320 g/mol. The Morgan fingerprint density at radius 2 is 1.60 bits per heavy atom. The van der Waals surface area contributed by atoms with E-state index in [9.17, 15) is 9.59 Å². The van der Waals surface area contributed by atoms with Gasteiger partial charge in [-0.1, -0.05) is 24.3 Å². The molecule has 0 unspecified atom stereocenters. The number of rotatable bonds is 8. The summed E-state index contributed by atoms with van der Waals surface area (Å²) in [6.45, 7) is 0.520. The Hall–Kier alpha value is -2.92. The molecule has 0 aliphatic heterocycles. The zero-order valence-electron chi connectivity index (χ0n) is 14.0. The molecule has 1 N–H and O–H groups in total. The highest BCUT2D eigenvalue weighted by atomic mass is 16.5. The molecule has 2 aromatic carbocycles. The van der Waals surface area contributed by atoms with Crippen LogP contribution in [0.5, 0.6) is 5.75 Å². The maximum Gasteiger partial charge on any atom is 0.330 e. The molecular formula is C20H20O5. The van der Waals surface area contributed by atoms with E-state index in [4.69, 9.17) is 9.84 Å². The lowest BCUT2D eigenvalue weighted by molar-refractivity contribution is -0.134. The molecule has 0 aliphatic carbocycles. The number of aliphatic hydroxyl groups excluding tert-OH is 1. The third-order valence-electron chi connectivity index (χ3n) is 3.47. The van der Waals surface area contributed by atoms with E-state index in [1.54, 1.807) is 54.6 Å². The first-order valence-corrected chi connectivity index (χ1v) is 7.88. The van der Waals surface area contributed by atoms with Gasteiger partial charge in [-0.15, -0.1) is 0 Å². The number of methoxy groups -OCH3 is 1. The van der Waals surface area contributed by atoms with E-state index in [2.05, 4.69) is 4.74 Å². The van der Waals surface area contributed by atoms with Crippen molar-refractivity contribution in [3.05, 3.63) is 71.3 Å². The van der Waals surface area contributed by atoms with Gasteiger partial charge < -0.3 is 14.6 Å². The quantitative estimate of drug-likeness (QED) is 0.346. The minimum absolute atomic E-state index is 0.0847. The zero-order chi connectivity index (χ0) is 18.1. The Morgan fingerprint density at radius 3 is 2.16 bits per heavy atom. The summed E-state index contributed by atoms with van der Waals surface area (Å²) >= 11 is 0. The first-order chi connectivity index (χ1) is 12.1. The van der Waals surface area contributed by atoms with Crippen molar-refractivity contribution < 1.29 is 24.2 Å². The van der Waals surface area contributed by atoms with Crippen molar-refractivity contribution in [1.29, 1.82) is 0 Å². The van der Waals surface area contributed by atoms with Crippen molar-refractivity contribution in [1.82, 2.24) is 0 Å². The largest absolute Gasteiger partial charge is 0.494 e. The van der Waals surface area contributed by atoms with Crippen LogP contribution in [0.4, 0.5) is 0 Å². The number of ether oxygens (including phenoxy) is 2. The van der Waals surface area contributed by atoms with Gasteiger partial charge in [0.1, 0.15) is 5.75 Å². The van der Waals surface area contributed by atoms with Crippen LogP contribution < -0.4 is 4.74 Å². The molecule has 0 amide bonds. The maximum absolute atomic E-state index is 12.5. The van der Waals surface area contributed by atoms with Crippen LogP contribution in [-0.4, -0.2) is 37.2 Å². The molecule has 25 heavy (non-hydrogen) atoms. The highest BCUT2D eigenvalue weighted by molar-refractivity contribution is 6.09. The number of carbonyl (C=O) groups is 2. The number of hydrogen-bond donors (Lipinski definition) is 1. The van der Waals surface area contributed by atoms with E-state index in [1.165, 1.54) is 13.2 Å². The molecule has 130 valence electrons. The van der Waals surface area contributed by atoms with Crippen molar-refractivity contribution in [2.24, 2.45) is 0 Å². The number of carbonyl (C=O) groups excluding carboxylic acids is 2. The number of benzene rings is 2. The van der Waals surface area contributed by atoms with Gasteiger partial charge in [0.05, 0.1) is 13.7 Å². The summed E-state index contributed by atoms with van der Waals surface area (Å²) in [7, 11) is 1.32. The van der Waals surface area contributed by atoms with Crippen LogP contribution in [0.15, 0.2) is 54.6 Å². The molecule has 0 saturated heterocycles. The Morgan fingerprint density at radius 1 is 1.00 bits per heavy atom. The first-order valence-electron chi connectivity index (χ1n) is 7.88. The lowest BCUT2D eigenvalue weighted by atomic mass is 10.0. The number of hydrogen-bond acceptors (Lipinski definition) is 5. The average Bonchev–Trinajstić information content (AvgIpc) is 2.66. The van der Waals surface area contributed by atoms with Crippen molar-refractivity contribution in [2.75, 3.05) is 20.3 Å². The zero-order valence-corrected chi connectivity index (χ0v) is 14.0. The van der Waals surface area contributed by atoms with E-state index in [0.717, 1.165) is 5.56 Å². The average molecular weight is 340 g/mol. The molecule has 0 fully saturated rings. The van der Waals surface area contributed by atoms with E-state index < -0.39 is 5.97 Å². The van der Waals surface area contributed by atoms with Gasteiger partial charge in [-0.05, 0) is 35.9 Å². The molecule has 0 heterocycles. The topological polar surface area (TPSA) is 72.8 Å². The van der Waals surface area contributed by atoms with Crippen LogP contribution in [0, 0.1) is 0 Å². The van der Waals surface area contributed by atoms with Crippen molar-refractivity contribution in [2.45, 2.75) is 6.42 Å². The van der Waals surface area contributed by atoms with Crippen LogP contribution in [0.2, 0.25) is 0 Å². The molecule has 5 nitrogen and oxygen atoms in total. The molecule has 0 aliphatic rings. The minimum Gasteiger partial charge on any atom is -0.494 e. The fourth-order valence-electron chi connectivity index (χ4n) is 2.10. The van der Waals surface area contributed by atoms with Gasteiger partial charge in [0.2, 0.25) is 0 Å². The third-order valence-corrected chi connectivity index (χ3v) is 3.47. The predicted molar refractivity (Wildman–Crippen MR) is 94.6 cm³/mol. The van der Waals surface area contributed by atoms with Gasteiger partial charge in [-0.2, -0.15) is 0 Å². The van der Waals surface area contributed by atoms with Gasteiger partial charge in [-0.3, -0.25) is 4.79 Å². The van der Waals surface area contributed by atoms with Gasteiger partial charge in [0.25, 0.3) is 0 Å². The van der Waals surface area contributed by atoms with E-state index in [0.29, 0.717) is 29.9 Å². The van der Waals surface area contributed by atoms with E-state index in [-0.39, 0.29) is 12.4 Å². The predicted octanol–water partition coefficient (Wildman–Crippen LogP) is 2.87. The molecule has 0 radical (unpaired) electrons. The SMILES string of the molecule is COC(=O)C=Cc1ccc(C(=O)c2ccc(OCCCO)cc2)cc1. The highest BCUT2D eigenvalue weighted by Gasteiger charge is 2.09. The lowest BCUT2D eigenvalue weighted by Crippen LogP contribution is -2.02. The molecule has 0 spiro atoms. The fourth-order valence-corrected chi connectivity index (χ4v) is 2.10. The highest BCUT2D eigenvalue weighted by Crippen LogP contribution is 2.16. The summed E-state index contributed by atoms with van der Waals surface area (Å²) in [5.74, 6) is 0.139. The van der Waals surface area contributed by atoms with E-state index >= 15 is 0 Å². The van der Waals surface area contributed by atoms with Crippen molar-refractivity contribution in [3.8, 4) is 5.75 Å². The van der Waals surface area contributed by atoms with E-state index in [1.807, 2.05) is 0 Å². The van der Waals surface area contributed by atoms with Crippen LogP contribution >= 0.6 is 0 Å². The van der Waals surface area contributed by atoms with Gasteiger partial charge >= 0.3 is 5.97 Å². The minimum atomic E-state index is -0.429. The molecule has 2 rings (SSSR count). The molecule has 0 aromatic heterocycles. The molecule has 0 saturated carbocycles. The van der Waals surface area contributed by atoms with Crippen molar-refractivity contribution >= 4 is 17.8 Å². The van der Waals surface area contributed by atoms with Crippen LogP contribution in [0.3, 0.4) is 0 Å². The normalized spacial score (nSPS) is 10.6. The number of ketones is 1. The summed E-state index contributed by atoms with van der Waals surface area (Å²) in [6.07, 6.45) is 3.52. The summed E-state index contributed by atoms with van der Waals surface area (Å²) in [5, 5.41) is 8.73. The Balaban J connectivity index is 2.02. The Bertz CT molecular complexity index is 730. The Kier molecular flexibility index (Phi) is 6.92. The van der Waals surface area contributed by atoms with Gasteiger partial charge in [0.15, 0.2) is 5.78 Å². The smallest absolute Gasteiger partial charge is 0.330 e. The summed E-state index contributed by atoms with van der Waals surface area (Å²) < 4.78 is 9.97. The number of esters is 1. The second kappa shape index (κ2) is 9.39. The molecule has 2 aromatic rings. The van der Waals surface area contributed by atoms with Crippen LogP contribution in [0.1, 0.15) is 27.9 Å². The maximum atomic E-state index is 12.5. The summed E-state index contributed by atoms with van der Waals surface area (Å²) in [6, 6.07) is 13.8. The second-order valence-electron chi connectivity index (χ2n) is 5.26. The lowest BCUT2D eigenvalue weighted by Gasteiger charge is -2.06. The molecule has 0 atom stereocenters. The third kappa shape index (κ3) is 5.58. The molecule has 0 bridgehead atoms.